The highest BCUT2D eigenvalue weighted by Crippen LogP contribution is 2.27. The molecule has 2 aliphatic rings. The summed E-state index contributed by atoms with van der Waals surface area (Å²) in [6, 6.07) is 0. The van der Waals surface area contributed by atoms with Crippen LogP contribution in [-0.2, 0) is 19.1 Å². The summed E-state index contributed by atoms with van der Waals surface area (Å²) in [6.45, 7) is 5.28. The Morgan fingerprint density at radius 1 is 1.08 bits per heavy atom. The van der Waals surface area contributed by atoms with Crippen molar-refractivity contribution in [2.75, 3.05) is 39.4 Å². The molecule has 0 aromatic heterocycles. The third-order valence-corrected chi connectivity index (χ3v) is 5.19. The number of nitrogens with zero attached hydrogens (tertiary/aromatic N) is 1. The summed E-state index contributed by atoms with van der Waals surface area (Å²) >= 11 is 0. The Labute approximate surface area is 151 Å². The third-order valence-electron chi connectivity index (χ3n) is 5.19. The molecule has 144 valence electrons. The van der Waals surface area contributed by atoms with E-state index in [1.54, 1.807) is 6.92 Å². The lowest BCUT2D eigenvalue weighted by Crippen LogP contribution is -2.42. The molecule has 0 bridgehead atoms. The molecule has 2 rings (SSSR count). The molecule has 25 heavy (non-hydrogen) atoms. The molecule has 1 aliphatic heterocycles. The van der Waals surface area contributed by atoms with Crippen LogP contribution >= 0.6 is 0 Å². The average molecular weight is 354 g/mol. The number of carbonyl (C=O) groups is 2. The standard InChI is InChI=1S/C19H34N2O4/c1-2-24-19(23)15-20-10-13-25-17-8-11-21(12-9-17)18(22)14-16-6-4-3-5-7-16/h16-17,20H,2-15H2,1H3. The van der Waals surface area contributed by atoms with Crippen molar-refractivity contribution in [2.24, 2.45) is 5.92 Å². The molecule has 0 unspecified atom stereocenters. The quantitative estimate of drug-likeness (QED) is 0.507. The predicted molar refractivity (Wildman–Crippen MR) is 96.2 cm³/mol. The Morgan fingerprint density at radius 3 is 2.48 bits per heavy atom. The van der Waals surface area contributed by atoms with Crippen molar-refractivity contribution >= 4 is 11.9 Å². The van der Waals surface area contributed by atoms with E-state index in [1.165, 1.54) is 32.1 Å². The summed E-state index contributed by atoms with van der Waals surface area (Å²) in [6.07, 6.45) is 9.15. The van der Waals surface area contributed by atoms with E-state index >= 15 is 0 Å². The minimum absolute atomic E-state index is 0.225. The van der Waals surface area contributed by atoms with Gasteiger partial charge in [0.25, 0.3) is 0 Å². The second-order valence-corrected chi connectivity index (χ2v) is 7.14. The minimum Gasteiger partial charge on any atom is -0.465 e. The summed E-state index contributed by atoms with van der Waals surface area (Å²) in [5.41, 5.74) is 0. The van der Waals surface area contributed by atoms with Gasteiger partial charge in [-0.15, -0.1) is 0 Å². The third kappa shape index (κ3) is 7.74. The summed E-state index contributed by atoms with van der Waals surface area (Å²) in [7, 11) is 0. The lowest BCUT2D eigenvalue weighted by Gasteiger charge is -2.33. The van der Waals surface area contributed by atoms with E-state index in [1.807, 2.05) is 4.90 Å². The number of nitrogens with one attached hydrogen (secondary N) is 1. The van der Waals surface area contributed by atoms with E-state index in [0.717, 1.165) is 32.4 Å². The van der Waals surface area contributed by atoms with Gasteiger partial charge in [0.1, 0.15) is 0 Å². The summed E-state index contributed by atoms with van der Waals surface area (Å²) < 4.78 is 10.7. The van der Waals surface area contributed by atoms with Gasteiger partial charge in [-0.05, 0) is 38.5 Å². The van der Waals surface area contributed by atoms with Gasteiger partial charge in [-0.25, -0.2) is 0 Å². The zero-order valence-corrected chi connectivity index (χ0v) is 15.6. The Hall–Kier alpha value is -1.14. The van der Waals surface area contributed by atoms with Gasteiger partial charge in [0.2, 0.25) is 5.91 Å². The highest BCUT2D eigenvalue weighted by atomic mass is 16.5. The van der Waals surface area contributed by atoms with Crippen LogP contribution in [0.1, 0.15) is 58.3 Å². The minimum atomic E-state index is -0.229. The molecule has 6 heteroatoms. The largest absolute Gasteiger partial charge is 0.465 e. The Bertz CT molecular complexity index is 402. The van der Waals surface area contributed by atoms with E-state index in [4.69, 9.17) is 9.47 Å². The van der Waals surface area contributed by atoms with Crippen LogP contribution in [0.2, 0.25) is 0 Å². The summed E-state index contributed by atoms with van der Waals surface area (Å²) in [5.74, 6) is 0.717. The molecule has 0 radical (unpaired) electrons. The molecule has 1 aliphatic carbocycles. The monoisotopic (exact) mass is 354 g/mol. The van der Waals surface area contributed by atoms with Crippen molar-refractivity contribution in [1.82, 2.24) is 10.2 Å². The van der Waals surface area contributed by atoms with E-state index in [-0.39, 0.29) is 18.6 Å². The second-order valence-electron chi connectivity index (χ2n) is 7.14. The van der Waals surface area contributed by atoms with Gasteiger partial charge in [0.15, 0.2) is 0 Å². The molecular formula is C19H34N2O4. The number of hydrogen-bond donors (Lipinski definition) is 1. The van der Waals surface area contributed by atoms with Crippen molar-refractivity contribution in [3.8, 4) is 0 Å². The molecular weight excluding hydrogens is 320 g/mol. The van der Waals surface area contributed by atoms with Crippen LogP contribution in [-0.4, -0.2) is 62.3 Å². The summed E-state index contributed by atoms with van der Waals surface area (Å²) in [4.78, 5) is 25.6. The maximum Gasteiger partial charge on any atom is 0.319 e. The molecule has 0 atom stereocenters. The molecule has 0 aromatic carbocycles. The molecule has 1 saturated heterocycles. The highest BCUT2D eigenvalue weighted by molar-refractivity contribution is 5.76. The highest BCUT2D eigenvalue weighted by Gasteiger charge is 2.25. The smallest absolute Gasteiger partial charge is 0.319 e. The predicted octanol–water partition coefficient (Wildman–Crippen LogP) is 2.12. The molecule has 1 saturated carbocycles. The molecule has 6 nitrogen and oxygen atoms in total. The molecule has 1 amide bonds. The number of carbonyl (C=O) groups excluding carboxylic acids is 2. The number of amides is 1. The maximum atomic E-state index is 12.4. The van der Waals surface area contributed by atoms with Gasteiger partial charge in [0, 0.05) is 26.1 Å². The average Bonchev–Trinajstić information content (AvgIpc) is 2.63. The fraction of sp³-hybridized carbons (Fsp3) is 0.895. The van der Waals surface area contributed by atoms with Gasteiger partial charge in [-0.1, -0.05) is 19.3 Å². The normalized spacial score (nSPS) is 19.8. The lowest BCUT2D eigenvalue weighted by molar-refractivity contribution is -0.142. The van der Waals surface area contributed by atoms with E-state index in [2.05, 4.69) is 5.32 Å². The van der Waals surface area contributed by atoms with E-state index in [0.29, 0.717) is 31.6 Å². The molecule has 1 heterocycles. The van der Waals surface area contributed by atoms with Crippen LogP contribution in [0.3, 0.4) is 0 Å². The first-order valence-electron chi connectivity index (χ1n) is 9.94. The van der Waals surface area contributed by atoms with Gasteiger partial charge in [-0.2, -0.15) is 0 Å². The summed E-state index contributed by atoms with van der Waals surface area (Å²) in [5, 5.41) is 3.02. The first kappa shape index (κ1) is 20.2. The number of likely N-dealkylation sites (tertiary alicyclic amines) is 1. The number of rotatable bonds is 9. The first-order valence-corrected chi connectivity index (χ1v) is 9.94. The number of hydrogen-bond acceptors (Lipinski definition) is 5. The van der Waals surface area contributed by atoms with Crippen LogP contribution in [0, 0.1) is 5.92 Å². The maximum absolute atomic E-state index is 12.4. The molecule has 0 aromatic rings. The van der Waals surface area contributed by atoms with Gasteiger partial charge in [-0.3, -0.25) is 9.59 Å². The van der Waals surface area contributed by atoms with Crippen LogP contribution in [0.15, 0.2) is 0 Å². The number of ether oxygens (including phenoxy) is 2. The van der Waals surface area contributed by atoms with Crippen molar-refractivity contribution in [3.63, 3.8) is 0 Å². The van der Waals surface area contributed by atoms with Crippen molar-refractivity contribution in [1.29, 1.82) is 0 Å². The van der Waals surface area contributed by atoms with Crippen LogP contribution in [0.5, 0.6) is 0 Å². The number of piperidine rings is 1. The zero-order chi connectivity index (χ0) is 17.9. The van der Waals surface area contributed by atoms with Crippen molar-refractivity contribution < 1.29 is 19.1 Å². The SMILES string of the molecule is CCOC(=O)CNCCOC1CCN(C(=O)CC2CCCCC2)CC1. The lowest BCUT2D eigenvalue weighted by atomic mass is 9.86. The van der Waals surface area contributed by atoms with Gasteiger partial charge >= 0.3 is 5.97 Å². The first-order chi connectivity index (χ1) is 12.2. The fourth-order valence-electron chi connectivity index (χ4n) is 3.74. The van der Waals surface area contributed by atoms with Gasteiger partial charge in [0.05, 0.1) is 25.9 Å². The van der Waals surface area contributed by atoms with Gasteiger partial charge < -0.3 is 19.7 Å². The van der Waals surface area contributed by atoms with Crippen LogP contribution in [0.4, 0.5) is 0 Å². The Morgan fingerprint density at radius 2 is 1.80 bits per heavy atom. The molecule has 2 fully saturated rings. The van der Waals surface area contributed by atoms with Crippen LogP contribution < -0.4 is 5.32 Å². The van der Waals surface area contributed by atoms with Crippen molar-refractivity contribution in [2.45, 2.75) is 64.4 Å². The fourth-order valence-corrected chi connectivity index (χ4v) is 3.74. The van der Waals surface area contributed by atoms with Crippen LogP contribution in [0.25, 0.3) is 0 Å². The second kappa shape index (κ2) is 11.5. The Balaban J connectivity index is 1.52. The molecule has 1 N–H and O–H groups in total. The molecule has 0 spiro atoms. The van der Waals surface area contributed by atoms with Crippen molar-refractivity contribution in [3.05, 3.63) is 0 Å². The van der Waals surface area contributed by atoms with E-state index in [9.17, 15) is 9.59 Å². The number of esters is 1. The Kier molecular flexibility index (Phi) is 9.26. The van der Waals surface area contributed by atoms with E-state index < -0.39 is 0 Å². The topological polar surface area (TPSA) is 67.9 Å². The zero-order valence-electron chi connectivity index (χ0n) is 15.6.